The van der Waals surface area contributed by atoms with Gasteiger partial charge in [0.15, 0.2) is 11.0 Å². The Morgan fingerprint density at radius 1 is 1.27 bits per heavy atom. The molecule has 1 aliphatic heterocycles. The highest BCUT2D eigenvalue weighted by molar-refractivity contribution is 7.17. The largest absolute Gasteiger partial charge is 0.348 e. The van der Waals surface area contributed by atoms with Gasteiger partial charge in [0.1, 0.15) is 0 Å². The predicted molar refractivity (Wildman–Crippen MR) is 89.7 cm³/mol. The first kappa shape index (κ1) is 15.1. The van der Waals surface area contributed by atoms with Gasteiger partial charge in [-0.2, -0.15) is 0 Å². The fraction of sp³-hybridized carbons (Fsp3) is 0.333. The van der Waals surface area contributed by atoms with E-state index in [1.54, 1.807) is 6.20 Å². The van der Waals surface area contributed by atoms with Gasteiger partial charge in [-0.3, -0.25) is 5.41 Å². The van der Waals surface area contributed by atoms with Gasteiger partial charge in [0, 0.05) is 18.1 Å². The number of thiazole rings is 1. The van der Waals surface area contributed by atoms with E-state index in [0.717, 1.165) is 36.1 Å². The van der Waals surface area contributed by atoms with Crippen LogP contribution in [0.4, 0.5) is 5.13 Å². The van der Waals surface area contributed by atoms with Crippen molar-refractivity contribution < 1.29 is 0 Å². The van der Waals surface area contributed by atoms with Crippen molar-refractivity contribution in [3.8, 4) is 0 Å². The minimum atomic E-state index is -0.0280. The number of nitrogens with zero attached hydrogens (tertiary/aromatic N) is 3. The van der Waals surface area contributed by atoms with E-state index in [2.05, 4.69) is 27.1 Å². The monoisotopic (exact) mass is 333 g/mol. The summed E-state index contributed by atoms with van der Waals surface area (Å²) in [5.41, 5.74) is 8.24. The molecular weight excluding hydrogens is 318 g/mol. The van der Waals surface area contributed by atoms with Crippen LogP contribution in [0.1, 0.15) is 29.2 Å². The summed E-state index contributed by atoms with van der Waals surface area (Å²) in [5, 5.41) is 12.4. The fourth-order valence-electron chi connectivity index (χ4n) is 2.71. The molecule has 114 valence electrons. The zero-order valence-electron chi connectivity index (χ0n) is 11.9. The SMILES string of the molecule is N=NC(=N)c1cnc(N2CCC(c3ccc(Cl)cc3)CC2)s1. The molecular formula is C15H16ClN5S. The third-order valence-electron chi connectivity index (χ3n) is 3.95. The Morgan fingerprint density at radius 3 is 2.59 bits per heavy atom. The van der Waals surface area contributed by atoms with Gasteiger partial charge in [-0.05, 0) is 36.5 Å². The summed E-state index contributed by atoms with van der Waals surface area (Å²) in [7, 11) is 0. The number of hydrogen-bond acceptors (Lipinski definition) is 5. The maximum atomic E-state index is 7.55. The van der Waals surface area contributed by atoms with Crippen molar-refractivity contribution in [3.63, 3.8) is 0 Å². The van der Waals surface area contributed by atoms with Crippen LogP contribution in [0.25, 0.3) is 0 Å². The molecule has 2 heterocycles. The summed E-state index contributed by atoms with van der Waals surface area (Å²) in [6.07, 6.45) is 3.79. The van der Waals surface area contributed by atoms with Crippen LogP contribution in [-0.2, 0) is 0 Å². The molecule has 1 aliphatic rings. The lowest BCUT2D eigenvalue weighted by Gasteiger charge is -2.32. The normalized spacial score (nSPS) is 15.8. The number of piperidine rings is 1. The molecule has 2 N–H and O–H groups in total. The summed E-state index contributed by atoms with van der Waals surface area (Å²) in [5.74, 6) is 0.536. The smallest absolute Gasteiger partial charge is 0.185 e. The van der Waals surface area contributed by atoms with Crippen LogP contribution in [0.5, 0.6) is 0 Å². The van der Waals surface area contributed by atoms with Crippen molar-refractivity contribution in [2.24, 2.45) is 5.11 Å². The van der Waals surface area contributed by atoms with Crippen LogP contribution in [0.2, 0.25) is 5.02 Å². The average Bonchev–Trinajstić information content (AvgIpc) is 3.05. The molecule has 0 atom stereocenters. The van der Waals surface area contributed by atoms with Crippen LogP contribution < -0.4 is 4.90 Å². The van der Waals surface area contributed by atoms with Crippen LogP contribution in [0, 0.1) is 10.9 Å². The molecule has 3 rings (SSSR count). The van der Waals surface area contributed by atoms with E-state index in [0.29, 0.717) is 10.8 Å². The molecule has 0 spiro atoms. The summed E-state index contributed by atoms with van der Waals surface area (Å²) in [4.78, 5) is 7.25. The Balaban J connectivity index is 1.64. The Morgan fingerprint density at radius 2 is 1.95 bits per heavy atom. The highest BCUT2D eigenvalue weighted by atomic mass is 35.5. The lowest BCUT2D eigenvalue weighted by atomic mass is 9.90. The van der Waals surface area contributed by atoms with Crippen LogP contribution in [0.3, 0.4) is 0 Å². The van der Waals surface area contributed by atoms with Crippen molar-refractivity contribution in [2.45, 2.75) is 18.8 Å². The zero-order chi connectivity index (χ0) is 15.5. The second-order valence-corrected chi connectivity index (χ2v) is 6.73. The van der Waals surface area contributed by atoms with Crippen LogP contribution >= 0.6 is 22.9 Å². The Labute approximate surface area is 138 Å². The maximum Gasteiger partial charge on any atom is 0.185 e. The molecule has 22 heavy (non-hydrogen) atoms. The van der Waals surface area contributed by atoms with E-state index in [1.165, 1.54) is 16.9 Å². The zero-order valence-corrected chi connectivity index (χ0v) is 13.5. The van der Waals surface area contributed by atoms with Crippen molar-refractivity contribution in [1.82, 2.24) is 4.98 Å². The van der Waals surface area contributed by atoms with Gasteiger partial charge in [-0.15, -0.1) is 5.11 Å². The second-order valence-electron chi connectivity index (χ2n) is 5.28. The second kappa shape index (κ2) is 6.54. The molecule has 1 saturated heterocycles. The van der Waals surface area contributed by atoms with Crippen molar-refractivity contribution in [2.75, 3.05) is 18.0 Å². The summed E-state index contributed by atoms with van der Waals surface area (Å²) in [6, 6.07) is 8.13. The highest BCUT2D eigenvalue weighted by Crippen LogP contribution is 2.32. The molecule has 7 heteroatoms. The number of rotatable bonds is 3. The fourth-order valence-corrected chi connectivity index (χ4v) is 3.70. The predicted octanol–water partition coefficient (Wildman–Crippen LogP) is 4.54. The van der Waals surface area contributed by atoms with E-state index in [9.17, 15) is 0 Å². The lowest BCUT2D eigenvalue weighted by molar-refractivity contribution is 0.505. The number of anilines is 1. The number of nitrogens with one attached hydrogen (secondary N) is 2. The minimum absolute atomic E-state index is 0.0280. The molecule has 0 unspecified atom stereocenters. The van der Waals surface area contributed by atoms with E-state index in [-0.39, 0.29) is 5.84 Å². The molecule has 0 bridgehead atoms. The van der Waals surface area contributed by atoms with Gasteiger partial charge >= 0.3 is 0 Å². The van der Waals surface area contributed by atoms with Gasteiger partial charge in [0.2, 0.25) is 0 Å². The van der Waals surface area contributed by atoms with Gasteiger partial charge in [-0.1, -0.05) is 35.1 Å². The van der Waals surface area contributed by atoms with Crippen molar-refractivity contribution in [3.05, 3.63) is 45.9 Å². The minimum Gasteiger partial charge on any atom is -0.348 e. The summed E-state index contributed by atoms with van der Waals surface area (Å²) < 4.78 is 0. The Kier molecular flexibility index (Phi) is 4.49. The van der Waals surface area contributed by atoms with Crippen molar-refractivity contribution >= 4 is 33.9 Å². The van der Waals surface area contributed by atoms with Crippen molar-refractivity contribution in [1.29, 1.82) is 10.9 Å². The molecule has 2 aromatic rings. The molecule has 1 aromatic heterocycles. The molecule has 1 aromatic carbocycles. The number of hydrogen-bond donors (Lipinski definition) is 2. The summed E-state index contributed by atoms with van der Waals surface area (Å²) >= 11 is 7.37. The molecule has 0 amide bonds. The van der Waals surface area contributed by atoms with E-state index >= 15 is 0 Å². The number of halogens is 1. The number of aromatic nitrogens is 1. The summed E-state index contributed by atoms with van der Waals surface area (Å²) in [6.45, 7) is 1.90. The quantitative estimate of drug-likeness (QED) is 0.491. The number of amidine groups is 1. The first-order valence-electron chi connectivity index (χ1n) is 7.10. The topological polar surface area (TPSA) is 76.2 Å². The average molecular weight is 334 g/mol. The maximum absolute atomic E-state index is 7.55. The first-order chi connectivity index (χ1) is 10.7. The molecule has 1 fully saturated rings. The Hall–Kier alpha value is -1.79. The van der Waals surface area contributed by atoms with Gasteiger partial charge < -0.3 is 4.90 Å². The molecule has 5 nitrogen and oxygen atoms in total. The van der Waals surface area contributed by atoms with Gasteiger partial charge in [-0.25, -0.2) is 10.5 Å². The molecule has 0 saturated carbocycles. The van der Waals surface area contributed by atoms with Gasteiger partial charge in [0.25, 0.3) is 0 Å². The van der Waals surface area contributed by atoms with E-state index in [1.807, 2.05) is 12.1 Å². The van der Waals surface area contributed by atoms with Gasteiger partial charge in [0.05, 0.1) is 11.1 Å². The van der Waals surface area contributed by atoms with Crippen LogP contribution in [-0.4, -0.2) is 23.9 Å². The molecule has 0 aliphatic carbocycles. The highest BCUT2D eigenvalue weighted by Gasteiger charge is 2.22. The lowest BCUT2D eigenvalue weighted by Crippen LogP contribution is -2.32. The first-order valence-corrected chi connectivity index (χ1v) is 8.29. The van der Waals surface area contributed by atoms with E-state index < -0.39 is 0 Å². The van der Waals surface area contributed by atoms with E-state index in [4.69, 9.17) is 22.5 Å². The number of benzene rings is 1. The third-order valence-corrected chi connectivity index (χ3v) is 5.26. The Bertz CT molecular complexity index is 673. The third kappa shape index (κ3) is 3.18. The standard InChI is InChI=1S/C15H16ClN5S/c16-12-3-1-10(2-4-12)11-5-7-21(8-6-11)15-19-9-13(22-15)14(17)20-18/h1-4,9,11,17-18H,5-8H2. The van der Waals surface area contributed by atoms with Crippen LogP contribution in [0.15, 0.2) is 35.6 Å². The molecule has 0 radical (unpaired) electrons.